The topological polar surface area (TPSA) is 73.0 Å². The van der Waals surface area contributed by atoms with Crippen LogP contribution in [-0.4, -0.2) is 114 Å². The SMILES string of the molecule is C.C.C.COC[C@H]1CN(c2ccc(Cl)cc2)[C@@H](c2ccc(Cl)cc2Cl)CN1.COC[C@H]1CN(c2ccc(Cl)cc2)[C@@H](c2ccc(Cl)cc2Cl)CN1C(=O)Cc1cccc(Cl)c1.COC[C@H]1CN(c2ccc(Cl)cc2)[C@@H](c2ccc(Cl)cc2Cl)CN1Cc1ccccc1. The zero-order valence-electron chi connectivity index (χ0n) is 49.2. The van der Waals surface area contributed by atoms with Gasteiger partial charge in [-0.3, -0.25) is 9.69 Å². The highest BCUT2D eigenvalue weighted by Gasteiger charge is 2.39. The largest absolute Gasteiger partial charge is 0.383 e. The zero-order chi connectivity index (χ0) is 63.1. The van der Waals surface area contributed by atoms with E-state index >= 15 is 0 Å². The second-order valence-electron chi connectivity index (χ2n) is 22.0. The van der Waals surface area contributed by atoms with Gasteiger partial charge in [-0.1, -0.05) is 199 Å². The maximum atomic E-state index is 13.5. The van der Waals surface area contributed by atoms with Gasteiger partial charge in [0.05, 0.1) is 56.5 Å². The first-order valence-corrected chi connectivity index (χ1v) is 32.7. The lowest BCUT2D eigenvalue weighted by atomic mass is 9.97. The van der Waals surface area contributed by atoms with Crippen molar-refractivity contribution in [2.45, 2.75) is 71.5 Å². The van der Waals surface area contributed by atoms with E-state index in [0.29, 0.717) is 73.1 Å². The molecule has 3 fully saturated rings. The molecule has 92 heavy (non-hydrogen) atoms. The van der Waals surface area contributed by atoms with Gasteiger partial charge in [0, 0.05) is 140 Å². The van der Waals surface area contributed by atoms with Crippen LogP contribution in [0.5, 0.6) is 0 Å². The van der Waals surface area contributed by atoms with E-state index in [1.807, 2.05) is 132 Å². The molecule has 3 aliphatic heterocycles. The Labute approximate surface area is 594 Å². The number of hydrogen-bond acceptors (Lipinski definition) is 9. The lowest BCUT2D eigenvalue weighted by Gasteiger charge is -2.48. The second kappa shape index (κ2) is 37.0. The van der Waals surface area contributed by atoms with E-state index in [0.717, 1.165) is 82.1 Å². The molecule has 0 bridgehead atoms. The molecule has 0 unspecified atom stereocenters. The molecular weight excluding hydrogens is 1370 g/mol. The summed E-state index contributed by atoms with van der Waals surface area (Å²) < 4.78 is 16.4. The first kappa shape index (κ1) is 76.3. The van der Waals surface area contributed by atoms with Crippen molar-refractivity contribution in [3.8, 4) is 0 Å². The van der Waals surface area contributed by atoms with Gasteiger partial charge in [0.15, 0.2) is 0 Å². The molecule has 8 aromatic carbocycles. The molecule has 6 atom stereocenters. The number of anilines is 3. The summed E-state index contributed by atoms with van der Waals surface area (Å²) in [6.45, 7) is 6.80. The summed E-state index contributed by atoms with van der Waals surface area (Å²) in [7, 11) is 5.13. The molecule has 20 heteroatoms. The number of methoxy groups -OCH3 is 3. The standard InChI is InChI=1S/C26H24Cl4N2O2.C25H25Cl3N2O.C18H19Cl3N2O.3CH4/c1-34-16-22-14-31(21-8-5-18(27)6-9-21)25(23-10-7-20(29)13-24(23)30)15-32(22)26(33)12-17-3-2-4-19(28)11-17;1-31-17-22-15-30(21-10-7-19(26)8-11-21)25(23-12-9-20(27)13-24(23)28)16-29(22)14-18-5-3-2-4-6-18;1-24-11-14-10-23(15-5-2-12(19)3-6-15)18(9-22-14)16-7-4-13(20)8-17(16)21;;;/h2-11,13,22,25H,12,14-16H2,1H3;2-13,22,25H,14-17H2,1H3;2-8,14,18,22H,9-11H2,1H3;3*1H4/t2*22-,25-;14-,18-;;;/m111.../s1. The minimum Gasteiger partial charge on any atom is -0.383 e. The van der Waals surface area contributed by atoms with Crippen molar-refractivity contribution < 1.29 is 19.0 Å². The van der Waals surface area contributed by atoms with E-state index in [1.54, 1.807) is 39.5 Å². The second-order valence-corrected chi connectivity index (χ2v) is 26.3. The number of rotatable bonds is 16. The number of nitrogens with zero attached hydrogens (tertiary/aromatic N) is 5. The van der Waals surface area contributed by atoms with Crippen molar-refractivity contribution in [1.82, 2.24) is 15.1 Å². The van der Waals surface area contributed by atoms with Gasteiger partial charge in [-0.15, -0.1) is 0 Å². The number of ether oxygens (including phenoxy) is 3. The van der Waals surface area contributed by atoms with Crippen molar-refractivity contribution in [3.05, 3.63) is 260 Å². The van der Waals surface area contributed by atoms with Gasteiger partial charge >= 0.3 is 0 Å². The van der Waals surface area contributed by atoms with Crippen LogP contribution in [0.2, 0.25) is 50.2 Å². The smallest absolute Gasteiger partial charge is 0.227 e. The summed E-state index contributed by atoms with van der Waals surface area (Å²) >= 11 is 62.6. The highest BCUT2D eigenvalue weighted by atomic mass is 35.5. The lowest BCUT2D eigenvalue weighted by molar-refractivity contribution is -0.135. The van der Waals surface area contributed by atoms with Gasteiger partial charge in [0.1, 0.15) is 0 Å². The van der Waals surface area contributed by atoms with Gasteiger partial charge in [-0.05, 0) is 149 Å². The van der Waals surface area contributed by atoms with Crippen LogP contribution in [0, 0.1) is 0 Å². The fraction of sp³-hybridized carbons (Fsp3) is 0.319. The number of carbonyl (C=O) groups excluding carboxylic acids is 1. The average molecular weight is 1450 g/mol. The Balaban J connectivity index is 0.000000219. The number of halogens is 10. The van der Waals surface area contributed by atoms with Gasteiger partial charge in [-0.25, -0.2) is 0 Å². The van der Waals surface area contributed by atoms with Crippen LogP contribution in [0.4, 0.5) is 17.1 Å². The third kappa shape index (κ3) is 20.4. The molecule has 0 saturated carbocycles. The summed E-state index contributed by atoms with van der Waals surface area (Å²) in [6, 6.07) is 58.8. The Hall–Kier alpha value is -4.67. The highest BCUT2D eigenvalue weighted by molar-refractivity contribution is 6.36. The minimum atomic E-state index is -0.178. The van der Waals surface area contributed by atoms with Gasteiger partial charge in [0.25, 0.3) is 0 Å². The first-order valence-electron chi connectivity index (χ1n) is 28.9. The van der Waals surface area contributed by atoms with Crippen LogP contribution in [0.15, 0.2) is 182 Å². The molecule has 1 N–H and O–H groups in total. The number of benzene rings is 8. The monoisotopic (exact) mass is 1440 g/mol. The maximum absolute atomic E-state index is 13.5. The highest BCUT2D eigenvalue weighted by Crippen LogP contribution is 2.41. The van der Waals surface area contributed by atoms with Crippen molar-refractivity contribution in [1.29, 1.82) is 0 Å². The van der Waals surface area contributed by atoms with E-state index in [2.05, 4.69) is 61.3 Å². The van der Waals surface area contributed by atoms with Gasteiger partial charge in [-0.2, -0.15) is 0 Å². The lowest BCUT2D eigenvalue weighted by Crippen LogP contribution is -2.58. The maximum Gasteiger partial charge on any atom is 0.227 e. The van der Waals surface area contributed by atoms with E-state index in [1.165, 1.54) is 5.56 Å². The number of hydrogen-bond donors (Lipinski definition) is 1. The molecular formula is C72H80Cl10N6O4. The third-order valence-corrected chi connectivity index (χ3v) is 18.7. The summed E-state index contributed by atoms with van der Waals surface area (Å²) in [4.78, 5) is 24.9. The van der Waals surface area contributed by atoms with Crippen LogP contribution >= 0.6 is 116 Å². The predicted octanol–water partition coefficient (Wildman–Crippen LogP) is 20.4. The Bertz CT molecular complexity index is 3580. The minimum absolute atomic E-state index is 0. The molecule has 492 valence electrons. The zero-order valence-corrected chi connectivity index (χ0v) is 56.8. The van der Waals surface area contributed by atoms with E-state index in [-0.39, 0.29) is 70.9 Å². The molecule has 3 aliphatic rings. The van der Waals surface area contributed by atoms with E-state index < -0.39 is 0 Å². The number of piperazine rings is 3. The summed E-state index contributed by atoms with van der Waals surface area (Å²) in [5.41, 5.74) is 8.38. The molecule has 1 amide bonds. The van der Waals surface area contributed by atoms with Crippen LogP contribution in [-0.2, 0) is 32.0 Å². The van der Waals surface area contributed by atoms with Crippen LogP contribution in [0.3, 0.4) is 0 Å². The molecule has 8 aromatic rings. The molecule has 11 rings (SSSR count). The molecule has 3 heterocycles. The molecule has 10 nitrogen and oxygen atoms in total. The van der Waals surface area contributed by atoms with Crippen molar-refractivity contribution in [2.24, 2.45) is 0 Å². The molecule has 0 radical (unpaired) electrons. The van der Waals surface area contributed by atoms with Crippen molar-refractivity contribution >= 4 is 139 Å². The molecule has 3 saturated heterocycles. The van der Waals surface area contributed by atoms with Crippen molar-refractivity contribution in [2.75, 3.05) is 95.1 Å². The summed E-state index contributed by atoms with van der Waals surface area (Å²) in [5.74, 6) is 0.00941. The third-order valence-electron chi connectivity index (χ3n) is 16.0. The quantitative estimate of drug-likeness (QED) is 0.102. The number of carbonyl (C=O) groups is 1. The van der Waals surface area contributed by atoms with Crippen molar-refractivity contribution in [3.63, 3.8) is 0 Å². The van der Waals surface area contributed by atoms with E-state index in [4.69, 9.17) is 130 Å². The summed E-state index contributed by atoms with van der Waals surface area (Å²) in [5, 5.41) is 10.0. The first-order chi connectivity index (χ1) is 43.0. The van der Waals surface area contributed by atoms with Crippen LogP contribution < -0.4 is 20.0 Å². The average Bonchev–Trinajstić information content (AvgIpc) is 0.798. The Morgan fingerprint density at radius 1 is 0.413 bits per heavy atom. The normalized spacial score (nSPS) is 18.8. The predicted molar refractivity (Wildman–Crippen MR) is 393 cm³/mol. The van der Waals surface area contributed by atoms with Gasteiger partial charge < -0.3 is 39.1 Å². The van der Waals surface area contributed by atoms with Crippen LogP contribution in [0.25, 0.3) is 0 Å². The number of amides is 1. The fourth-order valence-corrected chi connectivity index (χ4v) is 14.0. The van der Waals surface area contributed by atoms with E-state index in [9.17, 15) is 4.79 Å². The molecule has 0 aromatic heterocycles. The Morgan fingerprint density at radius 3 is 1.27 bits per heavy atom. The Morgan fingerprint density at radius 2 is 0.815 bits per heavy atom. The molecule has 0 aliphatic carbocycles. The Kier molecular flexibility index (Phi) is 30.7. The summed E-state index contributed by atoms with van der Waals surface area (Å²) in [6.07, 6.45) is 0.253. The molecule has 0 spiro atoms. The fourth-order valence-electron chi connectivity index (χ4n) is 11.8. The number of nitrogens with one attached hydrogen (secondary N) is 1. The van der Waals surface area contributed by atoms with Crippen LogP contribution in [0.1, 0.15) is 68.2 Å². The van der Waals surface area contributed by atoms with Gasteiger partial charge in [0.2, 0.25) is 5.91 Å².